The first-order valence-electron chi connectivity index (χ1n) is 6.05. The second kappa shape index (κ2) is 8.11. The fourth-order valence-corrected chi connectivity index (χ4v) is 1.75. The number of rotatable bonds is 5. The second-order valence-electron chi connectivity index (χ2n) is 3.90. The highest BCUT2D eigenvalue weighted by Gasteiger charge is 2.06. The Morgan fingerprint density at radius 1 is 1.25 bits per heavy atom. The van der Waals surface area contributed by atoms with E-state index in [1.807, 2.05) is 6.08 Å². The van der Waals surface area contributed by atoms with Gasteiger partial charge in [-0.3, -0.25) is 4.90 Å². The third-order valence-corrected chi connectivity index (χ3v) is 2.58. The van der Waals surface area contributed by atoms with Gasteiger partial charge in [-0.05, 0) is 32.9 Å². The van der Waals surface area contributed by atoms with Crippen molar-refractivity contribution in [1.82, 2.24) is 4.90 Å². The molecule has 0 unspecified atom stereocenters. The highest BCUT2D eigenvalue weighted by Crippen LogP contribution is 2.07. The van der Waals surface area contributed by atoms with Crippen LogP contribution in [0, 0.1) is 0 Å². The molecule has 3 heteroatoms. The SMILES string of the molecule is CCOC(=O)C=CC=CCN1CCCCC1. The Labute approximate surface area is 97.8 Å². The summed E-state index contributed by atoms with van der Waals surface area (Å²) in [5, 5.41) is 0. The summed E-state index contributed by atoms with van der Waals surface area (Å²) < 4.78 is 4.77. The predicted octanol–water partition coefficient (Wildman–Crippen LogP) is 2.15. The van der Waals surface area contributed by atoms with Crippen LogP contribution in [0.4, 0.5) is 0 Å². The van der Waals surface area contributed by atoms with Crippen LogP contribution in [0.25, 0.3) is 0 Å². The third-order valence-electron chi connectivity index (χ3n) is 2.58. The predicted molar refractivity (Wildman–Crippen MR) is 65.2 cm³/mol. The van der Waals surface area contributed by atoms with Crippen LogP contribution in [0.1, 0.15) is 26.2 Å². The molecule has 0 saturated carbocycles. The van der Waals surface area contributed by atoms with Gasteiger partial charge in [0.15, 0.2) is 0 Å². The Bertz CT molecular complexity index is 253. The number of likely N-dealkylation sites (tertiary alicyclic amines) is 1. The molecular formula is C13H21NO2. The Balaban J connectivity index is 2.13. The van der Waals surface area contributed by atoms with E-state index in [9.17, 15) is 4.79 Å². The Morgan fingerprint density at radius 2 is 2.00 bits per heavy atom. The minimum Gasteiger partial charge on any atom is -0.463 e. The van der Waals surface area contributed by atoms with E-state index in [1.165, 1.54) is 38.4 Å². The molecular weight excluding hydrogens is 202 g/mol. The molecule has 1 fully saturated rings. The van der Waals surface area contributed by atoms with Crippen molar-refractivity contribution >= 4 is 5.97 Å². The maximum atomic E-state index is 11.0. The number of carbonyl (C=O) groups excluding carboxylic acids is 1. The van der Waals surface area contributed by atoms with E-state index in [0.717, 1.165) is 6.54 Å². The molecule has 3 nitrogen and oxygen atoms in total. The maximum Gasteiger partial charge on any atom is 0.330 e. The van der Waals surface area contributed by atoms with Gasteiger partial charge in [-0.15, -0.1) is 0 Å². The van der Waals surface area contributed by atoms with E-state index in [4.69, 9.17) is 4.74 Å². The Morgan fingerprint density at radius 3 is 2.69 bits per heavy atom. The zero-order chi connectivity index (χ0) is 11.6. The van der Waals surface area contributed by atoms with Crippen LogP contribution in [0.5, 0.6) is 0 Å². The molecule has 0 spiro atoms. The van der Waals surface area contributed by atoms with Crippen LogP contribution in [0.3, 0.4) is 0 Å². The zero-order valence-electron chi connectivity index (χ0n) is 10.0. The van der Waals surface area contributed by atoms with Gasteiger partial charge in [-0.25, -0.2) is 4.79 Å². The van der Waals surface area contributed by atoms with Crippen molar-refractivity contribution in [3.05, 3.63) is 24.3 Å². The van der Waals surface area contributed by atoms with E-state index >= 15 is 0 Å². The molecule has 0 aliphatic carbocycles. The summed E-state index contributed by atoms with van der Waals surface area (Å²) in [6, 6.07) is 0. The summed E-state index contributed by atoms with van der Waals surface area (Å²) in [4.78, 5) is 13.4. The first-order valence-corrected chi connectivity index (χ1v) is 6.05. The molecule has 0 amide bonds. The molecule has 0 atom stereocenters. The Hall–Kier alpha value is -1.09. The van der Waals surface area contributed by atoms with Crippen LogP contribution in [-0.4, -0.2) is 37.1 Å². The number of esters is 1. The average Bonchev–Trinajstić information content (AvgIpc) is 2.30. The summed E-state index contributed by atoms with van der Waals surface area (Å²) in [6.07, 6.45) is 11.2. The molecule has 0 aromatic rings. The standard InChI is InChI=1S/C13H21NO2/c1-2-16-13(15)9-5-3-6-10-14-11-7-4-8-12-14/h3,5-6,9H,2,4,7-8,10-12H2,1H3. The number of hydrogen-bond acceptors (Lipinski definition) is 3. The number of carbonyl (C=O) groups is 1. The van der Waals surface area contributed by atoms with E-state index < -0.39 is 0 Å². The maximum absolute atomic E-state index is 11.0. The van der Waals surface area contributed by atoms with Gasteiger partial charge in [0.1, 0.15) is 0 Å². The fraction of sp³-hybridized carbons (Fsp3) is 0.615. The van der Waals surface area contributed by atoms with Crippen molar-refractivity contribution in [3.63, 3.8) is 0 Å². The molecule has 1 rings (SSSR count). The molecule has 0 aromatic carbocycles. The van der Waals surface area contributed by atoms with Gasteiger partial charge in [0, 0.05) is 12.6 Å². The van der Waals surface area contributed by atoms with Crippen LogP contribution in [0.15, 0.2) is 24.3 Å². The van der Waals surface area contributed by atoms with Crippen molar-refractivity contribution in [3.8, 4) is 0 Å². The number of hydrogen-bond donors (Lipinski definition) is 0. The first-order chi connectivity index (χ1) is 7.83. The summed E-state index contributed by atoms with van der Waals surface area (Å²) in [7, 11) is 0. The van der Waals surface area contributed by atoms with E-state index in [0.29, 0.717) is 6.61 Å². The molecule has 1 aliphatic rings. The lowest BCUT2D eigenvalue weighted by Crippen LogP contribution is -2.29. The highest BCUT2D eigenvalue weighted by molar-refractivity contribution is 5.82. The summed E-state index contributed by atoms with van der Waals surface area (Å²) >= 11 is 0. The summed E-state index contributed by atoms with van der Waals surface area (Å²) in [6.45, 7) is 5.61. The highest BCUT2D eigenvalue weighted by atomic mass is 16.5. The van der Waals surface area contributed by atoms with E-state index in [-0.39, 0.29) is 5.97 Å². The van der Waals surface area contributed by atoms with Crippen molar-refractivity contribution in [2.24, 2.45) is 0 Å². The summed E-state index contributed by atoms with van der Waals surface area (Å²) in [5.74, 6) is -0.273. The lowest BCUT2D eigenvalue weighted by molar-refractivity contribution is -0.137. The molecule has 0 N–H and O–H groups in total. The topological polar surface area (TPSA) is 29.5 Å². The van der Waals surface area contributed by atoms with E-state index in [2.05, 4.69) is 11.0 Å². The first kappa shape index (κ1) is 13.0. The van der Waals surface area contributed by atoms with Gasteiger partial charge < -0.3 is 4.74 Å². The van der Waals surface area contributed by atoms with Gasteiger partial charge in [0.05, 0.1) is 6.61 Å². The minimum absolute atomic E-state index is 0.273. The molecule has 0 aromatic heterocycles. The number of nitrogens with zero attached hydrogens (tertiary/aromatic N) is 1. The Kier molecular flexibility index (Phi) is 6.58. The van der Waals surface area contributed by atoms with Crippen LogP contribution < -0.4 is 0 Å². The number of ether oxygens (including phenoxy) is 1. The monoisotopic (exact) mass is 223 g/mol. The van der Waals surface area contributed by atoms with E-state index in [1.54, 1.807) is 13.0 Å². The van der Waals surface area contributed by atoms with Gasteiger partial charge in [0.2, 0.25) is 0 Å². The van der Waals surface area contributed by atoms with Crippen molar-refractivity contribution in [1.29, 1.82) is 0 Å². The lowest BCUT2D eigenvalue weighted by atomic mass is 10.1. The van der Waals surface area contributed by atoms with Gasteiger partial charge in [-0.2, -0.15) is 0 Å². The van der Waals surface area contributed by atoms with Crippen LogP contribution in [-0.2, 0) is 9.53 Å². The average molecular weight is 223 g/mol. The van der Waals surface area contributed by atoms with Gasteiger partial charge >= 0.3 is 5.97 Å². The van der Waals surface area contributed by atoms with Crippen molar-refractivity contribution < 1.29 is 9.53 Å². The molecule has 1 heterocycles. The normalized spacial score (nSPS) is 18.3. The molecule has 1 aliphatic heterocycles. The zero-order valence-corrected chi connectivity index (χ0v) is 10.0. The third kappa shape index (κ3) is 5.71. The second-order valence-corrected chi connectivity index (χ2v) is 3.90. The van der Waals surface area contributed by atoms with Crippen molar-refractivity contribution in [2.75, 3.05) is 26.2 Å². The number of piperidine rings is 1. The van der Waals surface area contributed by atoms with Crippen LogP contribution >= 0.6 is 0 Å². The van der Waals surface area contributed by atoms with Crippen molar-refractivity contribution in [2.45, 2.75) is 26.2 Å². The number of allylic oxidation sites excluding steroid dienone is 2. The smallest absolute Gasteiger partial charge is 0.330 e. The molecule has 0 bridgehead atoms. The largest absolute Gasteiger partial charge is 0.463 e. The quantitative estimate of drug-likeness (QED) is 0.406. The van der Waals surface area contributed by atoms with Crippen LogP contribution in [0.2, 0.25) is 0 Å². The molecule has 1 saturated heterocycles. The van der Waals surface area contributed by atoms with Gasteiger partial charge in [0.25, 0.3) is 0 Å². The molecule has 0 radical (unpaired) electrons. The summed E-state index contributed by atoms with van der Waals surface area (Å²) in [5.41, 5.74) is 0. The fourth-order valence-electron chi connectivity index (χ4n) is 1.75. The lowest BCUT2D eigenvalue weighted by Gasteiger charge is -2.24. The molecule has 90 valence electrons. The molecule has 16 heavy (non-hydrogen) atoms. The van der Waals surface area contributed by atoms with Gasteiger partial charge in [-0.1, -0.05) is 24.6 Å². The minimum atomic E-state index is -0.273.